The van der Waals surface area contributed by atoms with E-state index >= 15 is 0 Å². The van der Waals surface area contributed by atoms with Crippen LogP contribution in [0.1, 0.15) is 17.4 Å². The monoisotopic (exact) mass is 215 g/mol. The molecule has 0 bridgehead atoms. The smallest absolute Gasteiger partial charge is 0.269 e. The fourth-order valence-electron chi connectivity index (χ4n) is 1.51. The molecule has 1 amide bonds. The van der Waals surface area contributed by atoms with Crippen LogP contribution in [0.5, 0.6) is 0 Å². The number of hydrogen-bond acceptors (Lipinski definition) is 2. The first-order valence-electron chi connectivity index (χ1n) is 5.19. The Morgan fingerprint density at radius 3 is 2.81 bits per heavy atom. The number of nitrogens with zero attached hydrogens (tertiary/aromatic N) is 2. The Morgan fingerprint density at radius 1 is 1.38 bits per heavy atom. The number of benzene rings is 1. The molecule has 16 heavy (non-hydrogen) atoms. The van der Waals surface area contributed by atoms with E-state index in [-0.39, 0.29) is 5.91 Å². The van der Waals surface area contributed by atoms with E-state index in [0.29, 0.717) is 12.2 Å². The lowest BCUT2D eigenvalue weighted by Crippen LogP contribution is -2.24. The summed E-state index contributed by atoms with van der Waals surface area (Å²) < 4.78 is 1.77. The van der Waals surface area contributed by atoms with E-state index in [2.05, 4.69) is 10.3 Å². The molecule has 1 heterocycles. The summed E-state index contributed by atoms with van der Waals surface area (Å²) in [5.41, 5.74) is 1.48. The highest BCUT2D eigenvalue weighted by Gasteiger charge is 2.11. The molecule has 2 rings (SSSR count). The molecule has 4 heteroatoms. The predicted octanol–water partition coefficient (Wildman–Crippen LogP) is 1.62. The third kappa shape index (κ3) is 1.95. The number of rotatable bonds is 3. The first kappa shape index (κ1) is 10.4. The van der Waals surface area contributed by atoms with Gasteiger partial charge in [-0.1, -0.05) is 18.2 Å². The predicted molar refractivity (Wildman–Crippen MR) is 61.6 cm³/mol. The van der Waals surface area contributed by atoms with Gasteiger partial charge in [-0.2, -0.15) is 0 Å². The second kappa shape index (κ2) is 4.61. The lowest BCUT2D eigenvalue weighted by Gasteiger charge is -2.07. The molecule has 1 N–H and O–H groups in total. The summed E-state index contributed by atoms with van der Waals surface area (Å²) >= 11 is 0. The molecular formula is C12H13N3O. The number of para-hydroxylation sites is 1. The maximum absolute atomic E-state index is 11.7. The van der Waals surface area contributed by atoms with Crippen LogP contribution in [-0.2, 0) is 0 Å². The van der Waals surface area contributed by atoms with Gasteiger partial charge in [0.1, 0.15) is 5.69 Å². The van der Waals surface area contributed by atoms with Gasteiger partial charge in [0.25, 0.3) is 5.91 Å². The summed E-state index contributed by atoms with van der Waals surface area (Å²) in [6.45, 7) is 2.50. The van der Waals surface area contributed by atoms with Crippen molar-refractivity contribution in [2.75, 3.05) is 6.54 Å². The van der Waals surface area contributed by atoms with Crippen molar-refractivity contribution in [1.29, 1.82) is 0 Å². The molecule has 0 fully saturated rings. The van der Waals surface area contributed by atoms with Gasteiger partial charge in [0.05, 0.1) is 12.5 Å². The Bertz CT molecular complexity index is 476. The maximum atomic E-state index is 11.7. The standard InChI is InChI=1S/C12H13N3O/c1-2-14-12(16)11-8-13-9-15(11)10-6-4-3-5-7-10/h3-9H,2H2,1H3,(H,14,16). The fourth-order valence-corrected chi connectivity index (χ4v) is 1.51. The van der Waals surface area contributed by atoms with Crippen molar-refractivity contribution in [3.8, 4) is 5.69 Å². The number of carbonyl (C=O) groups is 1. The van der Waals surface area contributed by atoms with Crippen LogP contribution in [-0.4, -0.2) is 22.0 Å². The first-order chi connectivity index (χ1) is 7.83. The lowest BCUT2D eigenvalue weighted by atomic mass is 10.3. The minimum absolute atomic E-state index is 0.108. The molecule has 0 aliphatic rings. The quantitative estimate of drug-likeness (QED) is 0.845. The summed E-state index contributed by atoms with van der Waals surface area (Å²) in [6, 6.07) is 9.66. The fraction of sp³-hybridized carbons (Fsp3) is 0.167. The molecule has 2 aromatic rings. The van der Waals surface area contributed by atoms with Gasteiger partial charge in [-0.05, 0) is 19.1 Å². The highest BCUT2D eigenvalue weighted by atomic mass is 16.1. The average Bonchev–Trinajstić information content (AvgIpc) is 2.79. The van der Waals surface area contributed by atoms with Crippen LogP contribution in [0.3, 0.4) is 0 Å². The molecule has 0 saturated carbocycles. The van der Waals surface area contributed by atoms with Crippen molar-refractivity contribution in [2.24, 2.45) is 0 Å². The highest BCUT2D eigenvalue weighted by molar-refractivity contribution is 5.92. The Labute approximate surface area is 93.9 Å². The van der Waals surface area contributed by atoms with Crippen molar-refractivity contribution in [2.45, 2.75) is 6.92 Å². The zero-order valence-corrected chi connectivity index (χ0v) is 9.05. The van der Waals surface area contributed by atoms with E-state index in [1.807, 2.05) is 37.3 Å². The van der Waals surface area contributed by atoms with Gasteiger partial charge in [-0.3, -0.25) is 9.36 Å². The average molecular weight is 215 g/mol. The van der Waals surface area contributed by atoms with Crippen molar-refractivity contribution < 1.29 is 4.79 Å². The van der Waals surface area contributed by atoms with E-state index in [4.69, 9.17) is 0 Å². The third-order valence-electron chi connectivity index (χ3n) is 2.24. The lowest BCUT2D eigenvalue weighted by molar-refractivity contribution is 0.0949. The Hall–Kier alpha value is -2.10. The van der Waals surface area contributed by atoms with Crippen LogP contribution in [0, 0.1) is 0 Å². The summed E-state index contributed by atoms with van der Waals surface area (Å²) in [4.78, 5) is 15.7. The van der Waals surface area contributed by atoms with Crippen molar-refractivity contribution in [3.05, 3.63) is 48.5 Å². The highest BCUT2D eigenvalue weighted by Crippen LogP contribution is 2.10. The summed E-state index contributed by atoms with van der Waals surface area (Å²) in [5.74, 6) is -0.108. The first-order valence-corrected chi connectivity index (χ1v) is 5.19. The molecule has 4 nitrogen and oxygen atoms in total. The molecule has 0 unspecified atom stereocenters. The summed E-state index contributed by atoms with van der Waals surface area (Å²) in [6.07, 6.45) is 3.21. The number of nitrogens with one attached hydrogen (secondary N) is 1. The van der Waals surface area contributed by atoms with Gasteiger partial charge in [-0.15, -0.1) is 0 Å². The number of carbonyl (C=O) groups excluding carboxylic acids is 1. The molecule has 0 atom stereocenters. The summed E-state index contributed by atoms with van der Waals surface area (Å²) in [5, 5.41) is 2.76. The minimum Gasteiger partial charge on any atom is -0.351 e. The van der Waals surface area contributed by atoms with Gasteiger partial charge >= 0.3 is 0 Å². The van der Waals surface area contributed by atoms with Gasteiger partial charge in [0, 0.05) is 12.2 Å². The minimum atomic E-state index is -0.108. The van der Waals surface area contributed by atoms with Crippen molar-refractivity contribution >= 4 is 5.91 Å². The van der Waals surface area contributed by atoms with Gasteiger partial charge in [0.2, 0.25) is 0 Å². The largest absolute Gasteiger partial charge is 0.351 e. The van der Waals surface area contributed by atoms with Gasteiger partial charge < -0.3 is 5.32 Å². The zero-order chi connectivity index (χ0) is 11.4. The van der Waals surface area contributed by atoms with Crippen LogP contribution in [0.15, 0.2) is 42.9 Å². The molecule has 0 aliphatic heterocycles. The second-order valence-electron chi connectivity index (χ2n) is 3.34. The van der Waals surface area contributed by atoms with Crippen molar-refractivity contribution in [1.82, 2.24) is 14.9 Å². The van der Waals surface area contributed by atoms with Crippen LogP contribution in [0.25, 0.3) is 5.69 Å². The maximum Gasteiger partial charge on any atom is 0.269 e. The summed E-state index contributed by atoms with van der Waals surface area (Å²) in [7, 11) is 0. The molecule has 0 radical (unpaired) electrons. The van der Waals surface area contributed by atoms with Crippen LogP contribution in [0.2, 0.25) is 0 Å². The normalized spacial score (nSPS) is 10.1. The Kier molecular flexibility index (Phi) is 3.00. The molecular weight excluding hydrogens is 202 g/mol. The number of hydrogen-bond donors (Lipinski definition) is 1. The zero-order valence-electron chi connectivity index (χ0n) is 9.05. The molecule has 1 aromatic carbocycles. The molecule has 0 aliphatic carbocycles. The van der Waals surface area contributed by atoms with E-state index in [0.717, 1.165) is 5.69 Å². The molecule has 1 aromatic heterocycles. The number of amides is 1. The van der Waals surface area contributed by atoms with E-state index < -0.39 is 0 Å². The third-order valence-corrected chi connectivity index (χ3v) is 2.24. The molecule has 82 valence electrons. The number of aromatic nitrogens is 2. The topological polar surface area (TPSA) is 46.9 Å². The van der Waals surface area contributed by atoms with Crippen LogP contribution >= 0.6 is 0 Å². The van der Waals surface area contributed by atoms with Gasteiger partial charge in [0.15, 0.2) is 0 Å². The van der Waals surface area contributed by atoms with E-state index in [1.54, 1.807) is 17.1 Å². The van der Waals surface area contributed by atoms with Gasteiger partial charge in [-0.25, -0.2) is 4.98 Å². The van der Waals surface area contributed by atoms with Crippen LogP contribution in [0.4, 0.5) is 0 Å². The molecule has 0 spiro atoms. The van der Waals surface area contributed by atoms with E-state index in [1.165, 1.54) is 0 Å². The Balaban J connectivity index is 2.37. The van der Waals surface area contributed by atoms with E-state index in [9.17, 15) is 4.79 Å². The van der Waals surface area contributed by atoms with Crippen LogP contribution < -0.4 is 5.32 Å². The molecule has 0 saturated heterocycles. The second-order valence-corrected chi connectivity index (χ2v) is 3.34. The number of imidazole rings is 1. The SMILES string of the molecule is CCNC(=O)c1cncn1-c1ccccc1. The Morgan fingerprint density at radius 2 is 2.12 bits per heavy atom. The van der Waals surface area contributed by atoms with Crippen molar-refractivity contribution in [3.63, 3.8) is 0 Å².